The lowest BCUT2D eigenvalue weighted by molar-refractivity contribution is 0.0792. The van der Waals surface area contributed by atoms with Crippen molar-refractivity contribution < 1.29 is 9.59 Å². The molecule has 1 N–H and O–H groups in total. The normalized spacial score (nSPS) is 13.4. The highest BCUT2D eigenvalue weighted by molar-refractivity contribution is 6.04. The van der Waals surface area contributed by atoms with Gasteiger partial charge in [0.05, 0.1) is 0 Å². The van der Waals surface area contributed by atoms with Crippen LogP contribution in [-0.2, 0) is 0 Å². The molecule has 1 aliphatic rings. The number of benzene rings is 3. The van der Waals surface area contributed by atoms with E-state index in [1.807, 2.05) is 59.5 Å². The first-order chi connectivity index (χ1) is 13.7. The van der Waals surface area contributed by atoms with Gasteiger partial charge in [-0.25, -0.2) is 0 Å². The Kier molecular flexibility index (Phi) is 5.20. The third-order valence-corrected chi connectivity index (χ3v) is 5.04. The fourth-order valence-electron chi connectivity index (χ4n) is 3.45. The summed E-state index contributed by atoms with van der Waals surface area (Å²) in [5, 5.41) is 2.89. The molecule has 0 unspecified atom stereocenters. The number of amides is 2. The van der Waals surface area contributed by atoms with E-state index in [1.165, 1.54) is 0 Å². The standard InChI is InChI=1S/C24H22N2O2/c27-23(20-10-8-19(9-11-20)18-6-2-1-3-7-18)25-22-14-12-21(13-15-22)24(28)26-16-4-5-17-26/h1-3,6-15H,4-5,16-17H2,(H,25,27). The van der Waals surface area contributed by atoms with Gasteiger partial charge in [0, 0.05) is 29.9 Å². The lowest BCUT2D eigenvalue weighted by atomic mass is 10.0. The summed E-state index contributed by atoms with van der Waals surface area (Å²) in [4.78, 5) is 26.8. The average molecular weight is 370 g/mol. The van der Waals surface area contributed by atoms with Crippen molar-refractivity contribution in [2.75, 3.05) is 18.4 Å². The van der Waals surface area contributed by atoms with Gasteiger partial charge in [0.15, 0.2) is 0 Å². The summed E-state index contributed by atoms with van der Waals surface area (Å²) < 4.78 is 0. The number of rotatable bonds is 4. The second kappa shape index (κ2) is 8.09. The van der Waals surface area contributed by atoms with Gasteiger partial charge in [-0.15, -0.1) is 0 Å². The van der Waals surface area contributed by atoms with E-state index in [0.717, 1.165) is 37.1 Å². The van der Waals surface area contributed by atoms with Crippen LogP contribution >= 0.6 is 0 Å². The summed E-state index contributed by atoms with van der Waals surface area (Å²) in [7, 11) is 0. The molecule has 3 aromatic rings. The molecule has 4 rings (SSSR count). The largest absolute Gasteiger partial charge is 0.339 e. The SMILES string of the molecule is O=C(Nc1ccc(C(=O)N2CCCC2)cc1)c1ccc(-c2ccccc2)cc1. The molecule has 28 heavy (non-hydrogen) atoms. The molecular weight excluding hydrogens is 348 g/mol. The Balaban J connectivity index is 1.41. The Morgan fingerprint density at radius 1 is 0.679 bits per heavy atom. The van der Waals surface area contributed by atoms with E-state index in [-0.39, 0.29) is 11.8 Å². The molecule has 1 fully saturated rings. The van der Waals surface area contributed by atoms with Gasteiger partial charge in [-0.2, -0.15) is 0 Å². The van der Waals surface area contributed by atoms with Crippen LogP contribution in [0.4, 0.5) is 5.69 Å². The van der Waals surface area contributed by atoms with Crippen molar-refractivity contribution in [2.45, 2.75) is 12.8 Å². The number of carbonyl (C=O) groups is 2. The van der Waals surface area contributed by atoms with Gasteiger partial charge in [0.2, 0.25) is 0 Å². The molecule has 3 aromatic carbocycles. The zero-order valence-corrected chi connectivity index (χ0v) is 15.6. The number of nitrogens with zero attached hydrogens (tertiary/aromatic N) is 1. The maximum Gasteiger partial charge on any atom is 0.255 e. The van der Waals surface area contributed by atoms with Gasteiger partial charge in [0.25, 0.3) is 11.8 Å². The van der Waals surface area contributed by atoms with Crippen molar-refractivity contribution in [1.82, 2.24) is 4.90 Å². The van der Waals surface area contributed by atoms with Crippen molar-refractivity contribution in [3.8, 4) is 11.1 Å². The molecule has 0 aromatic heterocycles. The molecule has 0 atom stereocenters. The Morgan fingerprint density at radius 2 is 1.25 bits per heavy atom. The topological polar surface area (TPSA) is 49.4 Å². The second-order valence-corrected chi connectivity index (χ2v) is 6.97. The minimum Gasteiger partial charge on any atom is -0.339 e. The molecule has 0 spiro atoms. The molecule has 4 nitrogen and oxygen atoms in total. The summed E-state index contributed by atoms with van der Waals surface area (Å²) in [5.41, 5.74) is 4.12. The highest BCUT2D eigenvalue weighted by atomic mass is 16.2. The van der Waals surface area contributed by atoms with Crippen LogP contribution in [-0.4, -0.2) is 29.8 Å². The lowest BCUT2D eigenvalue weighted by Crippen LogP contribution is -2.27. The van der Waals surface area contributed by atoms with Crippen molar-refractivity contribution in [3.63, 3.8) is 0 Å². The highest BCUT2D eigenvalue weighted by Gasteiger charge is 2.19. The van der Waals surface area contributed by atoms with Gasteiger partial charge < -0.3 is 10.2 Å². The molecule has 0 bridgehead atoms. The van der Waals surface area contributed by atoms with Crippen LogP contribution in [0.5, 0.6) is 0 Å². The van der Waals surface area contributed by atoms with Crippen LogP contribution in [0, 0.1) is 0 Å². The number of nitrogens with one attached hydrogen (secondary N) is 1. The Bertz CT molecular complexity index is 958. The van der Waals surface area contributed by atoms with Crippen molar-refractivity contribution in [1.29, 1.82) is 0 Å². The van der Waals surface area contributed by atoms with E-state index in [4.69, 9.17) is 0 Å². The number of anilines is 1. The monoisotopic (exact) mass is 370 g/mol. The van der Waals surface area contributed by atoms with Crippen LogP contribution in [0.1, 0.15) is 33.6 Å². The Labute approximate surface area is 164 Å². The van der Waals surface area contributed by atoms with Crippen molar-refractivity contribution in [3.05, 3.63) is 90.0 Å². The zero-order valence-electron chi connectivity index (χ0n) is 15.6. The van der Waals surface area contributed by atoms with E-state index >= 15 is 0 Å². The average Bonchev–Trinajstić information content (AvgIpc) is 3.29. The van der Waals surface area contributed by atoms with Crippen molar-refractivity contribution >= 4 is 17.5 Å². The number of hydrogen-bond donors (Lipinski definition) is 1. The fourth-order valence-corrected chi connectivity index (χ4v) is 3.45. The first-order valence-corrected chi connectivity index (χ1v) is 9.57. The van der Waals surface area contributed by atoms with E-state index in [1.54, 1.807) is 24.3 Å². The zero-order chi connectivity index (χ0) is 19.3. The minimum absolute atomic E-state index is 0.0619. The Hall–Kier alpha value is -3.40. The molecule has 140 valence electrons. The summed E-state index contributed by atoms with van der Waals surface area (Å²) in [6.07, 6.45) is 2.14. The minimum atomic E-state index is -0.168. The Morgan fingerprint density at radius 3 is 1.89 bits per heavy atom. The van der Waals surface area contributed by atoms with Gasteiger partial charge in [0.1, 0.15) is 0 Å². The number of carbonyl (C=O) groups excluding carboxylic acids is 2. The summed E-state index contributed by atoms with van der Waals surface area (Å²) in [6.45, 7) is 1.66. The van der Waals surface area contributed by atoms with Gasteiger partial charge in [-0.3, -0.25) is 9.59 Å². The lowest BCUT2D eigenvalue weighted by Gasteiger charge is -2.15. The quantitative estimate of drug-likeness (QED) is 0.714. The van der Waals surface area contributed by atoms with Gasteiger partial charge in [-0.05, 0) is 60.4 Å². The summed E-state index contributed by atoms with van der Waals surface area (Å²) >= 11 is 0. The highest BCUT2D eigenvalue weighted by Crippen LogP contribution is 2.20. The predicted molar refractivity (Wildman–Crippen MR) is 111 cm³/mol. The number of likely N-dealkylation sites (tertiary alicyclic amines) is 1. The molecule has 1 heterocycles. The van der Waals surface area contributed by atoms with E-state index in [0.29, 0.717) is 16.8 Å². The maximum absolute atomic E-state index is 12.5. The third-order valence-electron chi connectivity index (χ3n) is 5.04. The molecular formula is C24H22N2O2. The fraction of sp³-hybridized carbons (Fsp3) is 0.167. The van der Waals surface area contributed by atoms with Crippen LogP contribution in [0.2, 0.25) is 0 Å². The van der Waals surface area contributed by atoms with E-state index in [9.17, 15) is 9.59 Å². The molecule has 0 radical (unpaired) electrons. The smallest absolute Gasteiger partial charge is 0.255 e. The van der Waals surface area contributed by atoms with Crippen LogP contribution < -0.4 is 5.32 Å². The second-order valence-electron chi connectivity index (χ2n) is 6.97. The van der Waals surface area contributed by atoms with Gasteiger partial charge >= 0.3 is 0 Å². The number of hydrogen-bond acceptors (Lipinski definition) is 2. The third kappa shape index (κ3) is 3.96. The van der Waals surface area contributed by atoms with E-state index < -0.39 is 0 Å². The summed E-state index contributed by atoms with van der Waals surface area (Å²) in [5.74, 6) is -0.106. The van der Waals surface area contributed by atoms with Crippen LogP contribution in [0.15, 0.2) is 78.9 Å². The van der Waals surface area contributed by atoms with Crippen molar-refractivity contribution in [2.24, 2.45) is 0 Å². The predicted octanol–water partition coefficient (Wildman–Crippen LogP) is 4.84. The first-order valence-electron chi connectivity index (χ1n) is 9.57. The molecule has 2 amide bonds. The van der Waals surface area contributed by atoms with Crippen LogP contribution in [0.25, 0.3) is 11.1 Å². The van der Waals surface area contributed by atoms with E-state index in [2.05, 4.69) is 5.32 Å². The first kappa shape index (κ1) is 18.0. The molecule has 1 aliphatic heterocycles. The molecule has 1 saturated heterocycles. The molecule has 4 heteroatoms. The van der Waals surface area contributed by atoms with Gasteiger partial charge in [-0.1, -0.05) is 42.5 Å². The van der Waals surface area contributed by atoms with Crippen LogP contribution in [0.3, 0.4) is 0 Å². The summed E-state index contributed by atoms with van der Waals surface area (Å²) in [6, 6.07) is 24.7. The molecule has 0 aliphatic carbocycles. The molecule has 0 saturated carbocycles. The maximum atomic E-state index is 12.5.